The summed E-state index contributed by atoms with van der Waals surface area (Å²) in [6.45, 7) is 10.0. The zero-order valence-corrected chi connectivity index (χ0v) is 16.2. The van der Waals surface area contributed by atoms with E-state index in [-0.39, 0.29) is 0 Å². The third-order valence-corrected chi connectivity index (χ3v) is 6.46. The van der Waals surface area contributed by atoms with Crippen molar-refractivity contribution in [1.82, 2.24) is 20.0 Å². The molecule has 2 aliphatic heterocycles. The third-order valence-electron chi connectivity index (χ3n) is 4.66. The number of nitrogens with zero attached hydrogens (tertiary/aromatic N) is 4. The first-order chi connectivity index (χ1) is 11.8. The summed E-state index contributed by atoms with van der Waals surface area (Å²) in [5.74, 6) is 3.62. The van der Waals surface area contributed by atoms with Gasteiger partial charge < -0.3 is 10.2 Å². The van der Waals surface area contributed by atoms with Gasteiger partial charge in [-0.2, -0.15) is 11.8 Å². The number of hydrogen-bond donors (Lipinski definition) is 1. The van der Waals surface area contributed by atoms with Gasteiger partial charge in [0.1, 0.15) is 0 Å². The molecular formula is C17H29N5S2. The lowest BCUT2D eigenvalue weighted by Gasteiger charge is -2.36. The van der Waals surface area contributed by atoms with Crippen molar-refractivity contribution in [2.45, 2.75) is 6.54 Å². The topological polar surface area (TPSA) is 34.1 Å². The number of piperazine rings is 1. The van der Waals surface area contributed by atoms with Crippen LogP contribution in [0.15, 0.2) is 22.5 Å². The van der Waals surface area contributed by atoms with Crippen LogP contribution in [0.2, 0.25) is 0 Å². The summed E-state index contributed by atoms with van der Waals surface area (Å²) >= 11 is 3.92. The van der Waals surface area contributed by atoms with Crippen molar-refractivity contribution in [3.63, 3.8) is 0 Å². The second kappa shape index (κ2) is 9.65. The Kier molecular flexibility index (Phi) is 7.26. The minimum absolute atomic E-state index is 0.993. The van der Waals surface area contributed by atoms with Crippen LogP contribution < -0.4 is 5.32 Å². The van der Waals surface area contributed by atoms with Gasteiger partial charge in [0.2, 0.25) is 0 Å². The van der Waals surface area contributed by atoms with Gasteiger partial charge in [-0.25, -0.2) is 0 Å². The van der Waals surface area contributed by atoms with Crippen molar-refractivity contribution in [2.24, 2.45) is 4.99 Å². The first-order valence-corrected chi connectivity index (χ1v) is 10.9. The summed E-state index contributed by atoms with van der Waals surface area (Å²) in [5, 5.41) is 5.72. The lowest BCUT2D eigenvalue weighted by atomic mass is 10.3. The van der Waals surface area contributed by atoms with Gasteiger partial charge >= 0.3 is 0 Å². The molecule has 2 saturated heterocycles. The van der Waals surface area contributed by atoms with E-state index in [1.54, 1.807) is 0 Å². The van der Waals surface area contributed by atoms with Gasteiger partial charge in [0, 0.05) is 82.3 Å². The Labute approximate surface area is 154 Å². The van der Waals surface area contributed by atoms with E-state index < -0.39 is 0 Å². The SMILES string of the molecule is CN=C(NCCN1CCSCC1)N1CCN(Cc2cccs2)CC1. The molecule has 1 N–H and O–H groups in total. The van der Waals surface area contributed by atoms with E-state index in [9.17, 15) is 0 Å². The molecule has 0 spiro atoms. The van der Waals surface area contributed by atoms with Gasteiger partial charge in [-0.3, -0.25) is 14.8 Å². The number of hydrogen-bond acceptors (Lipinski definition) is 5. The zero-order chi connectivity index (χ0) is 16.6. The number of guanidine groups is 1. The predicted molar refractivity (Wildman–Crippen MR) is 106 cm³/mol. The van der Waals surface area contributed by atoms with E-state index in [0.717, 1.165) is 51.8 Å². The van der Waals surface area contributed by atoms with Crippen molar-refractivity contribution in [2.75, 3.05) is 70.9 Å². The van der Waals surface area contributed by atoms with Gasteiger partial charge in [0.15, 0.2) is 5.96 Å². The molecule has 0 radical (unpaired) electrons. The van der Waals surface area contributed by atoms with Gasteiger partial charge in [-0.15, -0.1) is 11.3 Å². The van der Waals surface area contributed by atoms with E-state index in [1.165, 1.54) is 29.5 Å². The standard InChI is InChI=1S/C17H29N5S2/c1-18-17(19-4-5-20-10-13-23-14-11-20)22-8-6-21(7-9-22)15-16-3-2-12-24-16/h2-3,12H,4-11,13-15H2,1H3,(H,18,19). The number of thiophene rings is 1. The first kappa shape index (κ1) is 18.0. The van der Waals surface area contributed by atoms with Gasteiger partial charge in [-0.1, -0.05) is 6.07 Å². The predicted octanol–water partition coefficient (Wildman–Crippen LogP) is 1.49. The molecule has 0 amide bonds. The van der Waals surface area contributed by atoms with Crippen LogP contribution in [0.1, 0.15) is 4.88 Å². The van der Waals surface area contributed by atoms with Gasteiger partial charge in [0.05, 0.1) is 0 Å². The van der Waals surface area contributed by atoms with E-state index in [2.05, 4.69) is 54.3 Å². The monoisotopic (exact) mass is 367 g/mol. The quantitative estimate of drug-likeness (QED) is 0.630. The fraction of sp³-hybridized carbons (Fsp3) is 0.706. The Morgan fingerprint density at radius 2 is 1.92 bits per heavy atom. The van der Waals surface area contributed by atoms with Crippen molar-refractivity contribution in [3.8, 4) is 0 Å². The van der Waals surface area contributed by atoms with Crippen LogP contribution in [0.5, 0.6) is 0 Å². The zero-order valence-electron chi connectivity index (χ0n) is 14.6. The summed E-state index contributed by atoms with van der Waals surface area (Å²) in [6.07, 6.45) is 0. The van der Waals surface area contributed by atoms with E-state index in [0.29, 0.717) is 0 Å². The molecule has 3 rings (SSSR count). The molecule has 0 saturated carbocycles. The highest BCUT2D eigenvalue weighted by atomic mass is 32.2. The van der Waals surface area contributed by atoms with Crippen molar-refractivity contribution in [3.05, 3.63) is 22.4 Å². The minimum atomic E-state index is 0.993. The maximum atomic E-state index is 4.49. The minimum Gasteiger partial charge on any atom is -0.355 e. The molecule has 0 aromatic carbocycles. The van der Waals surface area contributed by atoms with Crippen LogP contribution >= 0.6 is 23.1 Å². The summed E-state index contributed by atoms with van der Waals surface area (Å²) in [5.41, 5.74) is 0. The average molecular weight is 368 g/mol. The Balaban J connectivity index is 1.37. The molecule has 5 nitrogen and oxygen atoms in total. The van der Waals surface area contributed by atoms with Crippen LogP contribution in [0.3, 0.4) is 0 Å². The number of nitrogens with one attached hydrogen (secondary N) is 1. The van der Waals surface area contributed by atoms with Crippen molar-refractivity contribution < 1.29 is 0 Å². The molecule has 3 heterocycles. The summed E-state index contributed by atoms with van der Waals surface area (Å²) in [7, 11) is 1.90. The highest BCUT2D eigenvalue weighted by Crippen LogP contribution is 2.13. The highest BCUT2D eigenvalue weighted by Gasteiger charge is 2.20. The lowest BCUT2D eigenvalue weighted by molar-refractivity contribution is 0.173. The second-order valence-electron chi connectivity index (χ2n) is 6.27. The molecular weight excluding hydrogens is 338 g/mol. The number of thioether (sulfide) groups is 1. The third kappa shape index (κ3) is 5.37. The lowest BCUT2D eigenvalue weighted by Crippen LogP contribution is -2.53. The fourth-order valence-electron chi connectivity index (χ4n) is 3.22. The molecule has 1 aromatic heterocycles. The normalized spacial score (nSPS) is 21.2. The van der Waals surface area contributed by atoms with Gasteiger partial charge in [-0.05, 0) is 11.4 Å². The molecule has 7 heteroatoms. The average Bonchev–Trinajstić information content (AvgIpc) is 3.14. The van der Waals surface area contributed by atoms with Crippen LogP contribution in [0.4, 0.5) is 0 Å². The second-order valence-corrected chi connectivity index (χ2v) is 8.53. The van der Waals surface area contributed by atoms with Crippen LogP contribution in [0, 0.1) is 0 Å². The molecule has 0 bridgehead atoms. The molecule has 24 heavy (non-hydrogen) atoms. The summed E-state index contributed by atoms with van der Waals surface area (Å²) in [6, 6.07) is 4.37. The molecule has 1 aromatic rings. The van der Waals surface area contributed by atoms with Crippen LogP contribution in [-0.2, 0) is 6.54 Å². The van der Waals surface area contributed by atoms with Crippen molar-refractivity contribution in [1.29, 1.82) is 0 Å². The Hall–Kier alpha value is -0.760. The Bertz CT molecular complexity index is 491. The molecule has 0 aliphatic carbocycles. The molecule has 2 aliphatic rings. The summed E-state index contributed by atoms with van der Waals surface area (Å²) in [4.78, 5) is 13.4. The molecule has 0 atom stereocenters. The maximum absolute atomic E-state index is 4.49. The Morgan fingerprint density at radius 3 is 2.58 bits per heavy atom. The van der Waals surface area contributed by atoms with E-state index >= 15 is 0 Å². The molecule has 2 fully saturated rings. The highest BCUT2D eigenvalue weighted by molar-refractivity contribution is 7.99. The van der Waals surface area contributed by atoms with Crippen LogP contribution in [-0.4, -0.2) is 91.6 Å². The smallest absolute Gasteiger partial charge is 0.193 e. The van der Waals surface area contributed by atoms with E-state index in [4.69, 9.17) is 0 Å². The first-order valence-electron chi connectivity index (χ1n) is 8.85. The van der Waals surface area contributed by atoms with E-state index in [1.807, 2.05) is 18.4 Å². The van der Waals surface area contributed by atoms with Gasteiger partial charge in [0.25, 0.3) is 0 Å². The van der Waals surface area contributed by atoms with Crippen LogP contribution in [0.25, 0.3) is 0 Å². The maximum Gasteiger partial charge on any atom is 0.193 e. The van der Waals surface area contributed by atoms with Crippen molar-refractivity contribution >= 4 is 29.1 Å². The number of aliphatic imine (C=N–C) groups is 1. The molecule has 0 unspecified atom stereocenters. The number of rotatable bonds is 5. The Morgan fingerprint density at radius 1 is 1.12 bits per heavy atom. The largest absolute Gasteiger partial charge is 0.355 e. The summed E-state index contributed by atoms with van der Waals surface area (Å²) < 4.78 is 0. The molecule has 134 valence electrons. The fourth-order valence-corrected chi connectivity index (χ4v) is 4.95.